The number of benzene rings is 1. The SMILES string of the molecule is COc1cccc(S(=O)(=O)N2CCN(S(=O)(=O)N(C)C)CC2)c1. The number of methoxy groups -OCH3 is 1. The Bertz CT molecular complexity index is 754. The van der Waals surface area contributed by atoms with E-state index in [4.69, 9.17) is 4.74 Å². The van der Waals surface area contributed by atoms with Crippen molar-refractivity contribution in [1.82, 2.24) is 12.9 Å². The van der Waals surface area contributed by atoms with Crippen LogP contribution in [0, 0.1) is 0 Å². The van der Waals surface area contributed by atoms with Gasteiger partial charge in [0.25, 0.3) is 10.2 Å². The van der Waals surface area contributed by atoms with Crippen molar-refractivity contribution in [3.8, 4) is 5.75 Å². The molecule has 0 bridgehead atoms. The van der Waals surface area contributed by atoms with Gasteiger partial charge in [0.2, 0.25) is 10.0 Å². The fraction of sp³-hybridized carbons (Fsp3) is 0.538. The summed E-state index contributed by atoms with van der Waals surface area (Å²) in [6.45, 7) is 0.493. The minimum Gasteiger partial charge on any atom is -0.497 e. The lowest BCUT2D eigenvalue weighted by molar-refractivity contribution is 0.262. The van der Waals surface area contributed by atoms with Gasteiger partial charge in [0.05, 0.1) is 12.0 Å². The highest BCUT2D eigenvalue weighted by atomic mass is 32.2. The number of rotatable bonds is 5. The molecule has 1 aliphatic heterocycles. The maximum Gasteiger partial charge on any atom is 0.281 e. The molecule has 1 saturated heterocycles. The molecular formula is C13H21N3O5S2. The van der Waals surface area contributed by atoms with Crippen LogP contribution in [0.3, 0.4) is 0 Å². The molecule has 1 aromatic rings. The Labute approximate surface area is 137 Å². The summed E-state index contributed by atoms with van der Waals surface area (Å²) < 4.78 is 58.2. The molecular weight excluding hydrogens is 342 g/mol. The number of piperazine rings is 1. The molecule has 0 aliphatic carbocycles. The first kappa shape index (κ1) is 18.1. The first-order valence-electron chi connectivity index (χ1n) is 7.01. The number of hydrogen-bond donors (Lipinski definition) is 0. The van der Waals surface area contributed by atoms with Gasteiger partial charge in [0.1, 0.15) is 5.75 Å². The van der Waals surface area contributed by atoms with E-state index in [-0.39, 0.29) is 31.1 Å². The maximum absolute atomic E-state index is 12.6. The first-order valence-corrected chi connectivity index (χ1v) is 9.85. The van der Waals surface area contributed by atoms with Crippen LogP contribution in [0.1, 0.15) is 0 Å². The van der Waals surface area contributed by atoms with Crippen molar-refractivity contribution in [2.24, 2.45) is 0 Å². The van der Waals surface area contributed by atoms with E-state index in [1.165, 1.54) is 41.9 Å². The quantitative estimate of drug-likeness (QED) is 0.724. The maximum atomic E-state index is 12.6. The highest BCUT2D eigenvalue weighted by Gasteiger charge is 2.33. The molecule has 0 N–H and O–H groups in total. The van der Waals surface area contributed by atoms with E-state index in [0.717, 1.165) is 4.31 Å². The van der Waals surface area contributed by atoms with Crippen molar-refractivity contribution in [2.75, 3.05) is 47.4 Å². The van der Waals surface area contributed by atoms with E-state index in [2.05, 4.69) is 0 Å². The van der Waals surface area contributed by atoms with Crippen LogP contribution in [-0.4, -0.2) is 77.1 Å². The van der Waals surface area contributed by atoms with E-state index in [1.54, 1.807) is 12.1 Å². The third kappa shape index (κ3) is 3.66. The third-order valence-electron chi connectivity index (χ3n) is 3.66. The molecule has 10 heteroatoms. The van der Waals surface area contributed by atoms with Crippen molar-refractivity contribution in [1.29, 1.82) is 0 Å². The lowest BCUT2D eigenvalue weighted by atomic mass is 10.3. The molecule has 8 nitrogen and oxygen atoms in total. The molecule has 0 atom stereocenters. The molecule has 2 rings (SSSR count). The number of hydrogen-bond acceptors (Lipinski definition) is 5. The Morgan fingerprint density at radius 2 is 1.57 bits per heavy atom. The van der Waals surface area contributed by atoms with Gasteiger partial charge in [-0.3, -0.25) is 0 Å². The van der Waals surface area contributed by atoms with Crippen LogP contribution in [0.2, 0.25) is 0 Å². The van der Waals surface area contributed by atoms with E-state index >= 15 is 0 Å². The van der Waals surface area contributed by atoms with Gasteiger partial charge in [0.15, 0.2) is 0 Å². The van der Waals surface area contributed by atoms with E-state index in [9.17, 15) is 16.8 Å². The van der Waals surface area contributed by atoms with E-state index in [1.807, 2.05) is 0 Å². The smallest absolute Gasteiger partial charge is 0.281 e. The zero-order valence-electron chi connectivity index (χ0n) is 13.3. The Morgan fingerprint density at radius 1 is 1.00 bits per heavy atom. The molecule has 0 saturated carbocycles. The van der Waals surface area contributed by atoms with Crippen LogP contribution in [0.5, 0.6) is 5.75 Å². The average Bonchev–Trinajstić information content (AvgIpc) is 2.54. The Balaban J connectivity index is 2.15. The summed E-state index contributed by atoms with van der Waals surface area (Å²) in [5.41, 5.74) is 0. The van der Waals surface area contributed by atoms with Gasteiger partial charge < -0.3 is 4.74 Å². The molecule has 0 amide bonds. The fourth-order valence-corrected chi connectivity index (χ4v) is 4.83. The number of nitrogens with zero attached hydrogens (tertiary/aromatic N) is 3. The monoisotopic (exact) mass is 363 g/mol. The van der Waals surface area contributed by atoms with Crippen LogP contribution < -0.4 is 4.74 Å². The second kappa shape index (κ2) is 6.73. The lowest BCUT2D eigenvalue weighted by Gasteiger charge is -2.34. The second-order valence-electron chi connectivity index (χ2n) is 5.27. The Hall–Kier alpha value is -1.20. The van der Waals surface area contributed by atoms with Crippen LogP contribution >= 0.6 is 0 Å². The molecule has 0 unspecified atom stereocenters. The van der Waals surface area contributed by atoms with Crippen molar-refractivity contribution in [3.63, 3.8) is 0 Å². The topological polar surface area (TPSA) is 87.2 Å². The Morgan fingerprint density at radius 3 is 2.09 bits per heavy atom. The zero-order chi connectivity index (χ0) is 17.3. The molecule has 0 spiro atoms. The summed E-state index contributed by atoms with van der Waals surface area (Å²) in [4.78, 5) is 0.140. The fourth-order valence-electron chi connectivity index (χ4n) is 2.28. The molecule has 23 heavy (non-hydrogen) atoms. The van der Waals surface area contributed by atoms with Gasteiger partial charge in [-0.05, 0) is 12.1 Å². The minimum atomic E-state index is -3.67. The first-order chi connectivity index (χ1) is 10.7. The zero-order valence-corrected chi connectivity index (χ0v) is 15.0. The van der Waals surface area contributed by atoms with Gasteiger partial charge in [-0.2, -0.15) is 21.3 Å². The third-order valence-corrected chi connectivity index (χ3v) is 7.50. The summed E-state index contributed by atoms with van der Waals surface area (Å²) >= 11 is 0. The number of sulfonamides is 1. The largest absolute Gasteiger partial charge is 0.497 e. The highest BCUT2D eigenvalue weighted by molar-refractivity contribution is 7.89. The number of ether oxygens (including phenoxy) is 1. The Kier molecular flexibility index (Phi) is 5.31. The average molecular weight is 363 g/mol. The van der Waals surface area contributed by atoms with Gasteiger partial charge in [-0.1, -0.05) is 6.07 Å². The second-order valence-corrected chi connectivity index (χ2v) is 9.35. The standard InChI is InChI=1S/C13H21N3O5S2/c1-14(2)23(19,20)16-9-7-15(8-10-16)22(17,18)13-6-4-5-12(11-13)21-3/h4-6,11H,7-10H2,1-3H3. The molecule has 1 fully saturated rings. The van der Waals surface area contributed by atoms with Crippen LogP contribution in [0.15, 0.2) is 29.2 Å². The van der Waals surface area contributed by atoms with Gasteiger partial charge in [-0.25, -0.2) is 8.42 Å². The molecule has 1 aromatic carbocycles. The van der Waals surface area contributed by atoms with Gasteiger partial charge in [0, 0.05) is 46.3 Å². The lowest BCUT2D eigenvalue weighted by Crippen LogP contribution is -2.52. The molecule has 130 valence electrons. The predicted molar refractivity (Wildman–Crippen MR) is 85.9 cm³/mol. The van der Waals surface area contributed by atoms with Crippen LogP contribution in [0.4, 0.5) is 0 Å². The van der Waals surface area contributed by atoms with Crippen molar-refractivity contribution in [2.45, 2.75) is 4.90 Å². The van der Waals surface area contributed by atoms with Crippen LogP contribution in [-0.2, 0) is 20.2 Å². The van der Waals surface area contributed by atoms with Crippen LogP contribution in [0.25, 0.3) is 0 Å². The normalized spacial score (nSPS) is 18.3. The minimum absolute atomic E-state index is 0.118. The molecule has 0 aromatic heterocycles. The van der Waals surface area contributed by atoms with E-state index < -0.39 is 20.2 Å². The molecule has 1 aliphatic rings. The summed E-state index contributed by atoms with van der Waals surface area (Å²) in [5.74, 6) is 0.458. The predicted octanol–water partition coefficient (Wildman–Crippen LogP) is -0.192. The summed E-state index contributed by atoms with van der Waals surface area (Å²) in [6.07, 6.45) is 0. The van der Waals surface area contributed by atoms with Gasteiger partial charge >= 0.3 is 0 Å². The molecule has 0 radical (unpaired) electrons. The van der Waals surface area contributed by atoms with Crippen molar-refractivity contribution >= 4 is 20.2 Å². The van der Waals surface area contributed by atoms with Gasteiger partial charge in [-0.15, -0.1) is 0 Å². The summed E-state index contributed by atoms with van der Waals surface area (Å²) in [5, 5.41) is 0. The van der Waals surface area contributed by atoms with Crippen molar-refractivity contribution in [3.05, 3.63) is 24.3 Å². The highest BCUT2D eigenvalue weighted by Crippen LogP contribution is 2.22. The van der Waals surface area contributed by atoms with Crippen molar-refractivity contribution < 1.29 is 21.6 Å². The summed E-state index contributed by atoms with van der Waals surface area (Å²) in [6, 6.07) is 6.23. The van der Waals surface area contributed by atoms with E-state index in [0.29, 0.717) is 5.75 Å². The summed E-state index contributed by atoms with van der Waals surface area (Å²) in [7, 11) is -2.81. The molecule has 1 heterocycles.